The van der Waals surface area contributed by atoms with Crippen LogP contribution in [0.5, 0.6) is 0 Å². The van der Waals surface area contributed by atoms with Gasteiger partial charge in [-0.15, -0.1) is 0 Å². The first kappa shape index (κ1) is 19.1. The minimum absolute atomic E-state index is 0.255. The molecule has 2 aliphatic carbocycles. The van der Waals surface area contributed by atoms with Crippen LogP contribution in [0.1, 0.15) is 35.1 Å². The highest BCUT2D eigenvalue weighted by Crippen LogP contribution is 2.58. The summed E-state index contributed by atoms with van der Waals surface area (Å²) in [6, 6.07) is 36.0. The van der Waals surface area contributed by atoms with Crippen molar-refractivity contribution in [2.24, 2.45) is 0 Å². The molecule has 0 saturated carbocycles. The molecule has 1 atom stereocenters. The van der Waals surface area contributed by atoms with Gasteiger partial charge in [0, 0.05) is 0 Å². The normalized spacial score (nSPS) is 18.7. The Morgan fingerprint density at radius 3 is 2.19 bits per heavy atom. The number of allylic oxidation sites excluding steroid dienone is 4. The Kier molecular flexibility index (Phi) is 4.47. The average Bonchev–Trinajstić information content (AvgIpc) is 3.15. The third kappa shape index (κ3) is 2.76. The maximum atomic E-state index is 2.45. The molecule has 2 aliphatic rings. The van der Waals surface area contributed by atoms with Gasteiger partial charge in [-0.1, -0.05) is 120 Å². The fourth-order valence-electron chi connectivity index (χ4n) is 5.70. The van der Waals surface area contributed by atoms with Crippen LogP contribution >= 0.6 is 0 Å². The molecule has 154 valence electrons. The van der Waals surface area contributed by atoms with Crippen LogP contribution in [-0.2, 0) is 5.41 Å². The van der Waals surface area contributed by atoms with Crippen molar-refractivity contribution in [2.45, 2.75) is 25.2 Å². The maximum Gasteiger partial charge on any atom is 0.0676 e. The third-order valence-corrected chi connectivity index (χ3v) is 7.10. The van der Waals surface area contributed by atoms with E-state index in [1.807, 2.05) is 0 Å². The molecule has 0 radical (unpaired) electrons. The van der Waals surface area contributed by atoms with Gasteiger partial charge in [-0.3, -0.25) is 0 Å². The smallest absolute Gasteiger partial charge is 0.0676 e. The molecule has 0 nitrogen and oxygen atoms in total. The Balaban J connectivity index is 1.73. The van der Waals surface area contributed by atoms with Crippen molar-refractivity contribution < 1.29 is 0 Å². The molecule has 0 aliphatic heterocycles. The van der Waals surface area contributed by atoms with Crippen molar-refractivity contribution in [1.82, 2.24) is 0 Å². The van der Waals surface area contributed by atoms with E-state index in [-0.39, 0.29) is 5.41 Å². The lowest BCUT2D eigenvalue weighted by molar-refractivity contribution is 0.693. The molecule has 0 heterocycles. The predicted molar refractivity (Wildman–Crippen MR) is 135 cm³/mol. The monoisotopic (exact) mass is 410 g/mol. The second-order valence-corrected chi connectivity index (χ2v) is 8.95. The minimum Gasteiger partial charge on any atom is -0.0842 e. The van der Waals surface area contributed by atoms with Crippen LogP contribution in [-0.4, -0.2) is 0 Å². The van der Waals surface area contributed by atoms with Gasteiger partial charge < -0.3 is 0 Å². The number of fused-ring (bicyclic) bond motifs is 3. The van der Waals surface area contributed by atoms with Crippen molar-refractivity contribution in [3.05, 3.63) is 143 Å². The molecule has 0 N–H and O–H groups in total. The van der Waals surface area contributed by atoms with Crippen LogP contribution in [0.4, 0.5) is 0 Å². The Morgan fingerprint density at radius 2 is 1.44 bits per heavy atom. The van der Waals surface area contributed by atoms with E-state index in [4.69, 9.17) is 0 Å². The Labute approximate surface area is 190 Å². The topological polar surface area (TPSA) is 0 Å². The van der Waals surface area contributed by atoms with E-state index in [1.165, 1.54) is 50.1 Å². The Morgan fingerprint density at radius 1 is 0.656 bits per heavy atom. The average molecular weight is 411 g/mol. The lowest BCUT2D eigenvalue weighted by atomic mass is 9.65. The van der Waals surface area contributed by atoms with Gasteiger partial charge in [0.25, 0.3) is 0 Å². The van der Waals surface area contributed by atoms with Crippen molar-refractivity contribution in [1.29, 1.82) is 0 Å². The highest BCUT2D eigenvalue weighted by Gasteiger charge is 2.47. The van der Waals surface area contributed by atoms with Crippen molar-refractivity contribution in [3.8, 4) is 22.3 Å². The quantitative estimate of drug-likeness (QED) is 0.319. The second kappa shape index (κ2) is 7.50. The number of hydrogen-bond acceptors (Lipinski definition) is 0. The zero-order chi connectivity index (χ0) is 21.5. The zero-order valence-electron chi connectivity index (χ0n) is 18.4. The third-order valence-electron chi connectivity index (χ3n) is 7.10. The summed E-state index contributed by atoms with van der Waals surface area (Å²) in [6.07, 6.45) is 9.07. The number of rotatable bonds is 3. The Bertz CT molecular complexity index is 1360. The first-order chi connectivity index (χ1) is 15.8. The molecular weight excluding hydrogens is 384 g/mol. The van der Waals surface area contributed by atoms with Crippen LogP contribution in [0, 0.1) is 6.92 Å². The molecular formula is C32H26. The number of aryl methyl sites for hydroxylation is 1. The lowest BCUT2D eigenvalue weighted by Crippen LogP contribution is -2.30. The molecule has 0 bridgehead atoms. The molecule has 0 aromatic heterocycles. The van der Waals surface area contributed by atoms with Crippen molar-refractivity contribution in [2.75, 3.05) is 0 Å². The van der Waals surface area contributed by atoms with Crippen LogP contribution < -0.4 is 0 Å². The van der Waals surface area contributed by atoms with Crippen molar-refractivity contribution >= 4 is 0 Å². The highest BCUT2D eigenvalue weighted by molar-refractivity contribution is 5.88. The lowest BCUT2D eigenvalue weighted by Gasteiger charge is -2.37. The van der Waals surface area contributed by atoms with Gasteiger partial charge >= 0.3 is 0 Å². The van der Waals surface area contributed by atoms with Gasteiger partial charge in [-0.05, 0) is 64.8 Å². The molecule has 32 heavy (non-hydrogen) atoms. The summed E-state index contributed by atoms with van der Waals surface area (Å²) in [7, 11) is 0. The summed E-state index contributed by atoms with van der Waals surface area (Å²) >= 11 is 0. The van der Waals surface area contributed by atoms with Crippen LogP contribution in [0.2, 0.25) is 0 Å². The van der Waals surface area contributed by atoms with Crippen LogP contribution in [0.25, 0.3) is 22.3 Å². The van der Waals surface area contributed by atoms with E-state index in [1.54, 1.807) is 0 Å². The molecule has 4 aromatic carbocycles. The van der Waals surface area contributed by atoms with Gasteiger partial charge in [-0.2, -0.15) is 0 Å². The van der Waals surface area contributed by atoms with Crippen LogP contribution in [0.15, 0.2) is 121 Å². The zero-order valence-corrected chi connectivity index (χ0v) is 18.4. The summed E-state index contributed by atoms with van der Waals surface area (Å²) in [4.78, 5) is 0. The fraction of sp³-hybridized carbons (Fsp3) is 0.125. The molecule has 4 aromatic rings. The standard InChI is InChI=1S/C32H26/c1-23-17-20-30-29(21-23)28-19-18-25(24-11-5-2-6-12-24)22-31(28)32(30,26-13-7-3-8-14-26)27-15-9-4-10-16-27/h2-9,11-15,17-22H,10,16H2,1H3. The molecule has 1 unspecified atom stereocenters. The molecule has 6 rings (SSSR count). The van der Waals surface area contributed by atoms with Crippen molar-refractivity contribution in [3.63, 3.8) is 0 Å². The van der Waals surface area contributed by atoms with Gasteiger partial charge in [0.1, 0.15) is 0 Å². The molecule has 0 saturated heterocycles. The fourth-order valence-corrected chi connectivity index (χ4v) is 5.70. The first-order valence-corrected chi connectivity index (χ1v) is 11.5. The summed E-state index contributed by atoms with van der Waals surface area (Å²) in [5, 5.41) is 0. The SMILES string of the molecule is Cc1ccc2c(c1)-c1ccc(-c3ccccc3)cc1C2(C1=CC=CCC1)c1ccccc1. The van der Waals surface area contributed by atoms with E-state index in [0.717, 1.165) is 12.8 Å². The molecule has 0 heteroatoms. The van der Waals surface area contributed by atoms with E-state index >= 15 is 0 Å². The molecule has 0 fully saturated rings. The maximum absolute atomic E-state index is 2.45. The predicted octanol–water partition coefficient (Wildman–Crippen LogP) is 8.25. The van der Waals surface area contributed by atoms with Gasteiger partial charge in [0.15, 0.2) is 0 Å². The van der Waals surface area contributed by atoms with Gasteiger partial charge in [0.05, 0.1) is 5.41 Å². The second-order valence-electron chi connectivity index (χ2n) is 8.95. The summed E-state index contributed by atoms with van der Waals surface area (Å²) < 4.78 is 0. The number of hydrogen-bond donors (Lipinski definition) is 0. The van der Waals surface area contributed by atoms with E-state index < -0.39 is 0 Å². The van der Waals surface area contributed by atoms with E-state index in [2.05, 4.69) is 122 Å². The molecule has 0 spiro atoms. The Hall–Kier alpha value is -3.64. The van der Waals surface area contributed by atoms with Gasteiger partial charge in [0.2, 0.25) is 0 Å². The molecule has 0 amide bonds. The minimum atomic E-state index is -0.255. The summed E-state index contributed by atoms with van der Waals surface area (Å²) in [5.74, 6) is 0. The highest BCUT2D eigenvalue weighted by atomic mass is 14.5. The van der Waals surface area contributed by atoms with E-state index in [0.29, 0.717) is 0 Å². The van der Waals surface area contributed by atoms with Crippen LogP contribution in [0.3, 0.4) is 0 Å². The number of benzene rings is 4. The summed E-state index contributed by atoms with van der Waals surface area (Å²) in [5.41, 5.74) is 12.0. The first-order valence-electron chi connectivity index (χ1n) is 11.5. The van der Waals surface area contributed by atoms with E-state index in [9.17, 15) is 0 Å². The van der Waals surface area contributed by atoms with Gasteiger partial charge in [-0.25, -0.2) is 0 Å². The summed E-state index contributed by atoms with van der Waals surface area (Å²) in [6.45, 7) is 2.20. The largest absolute Gasteiger partial charge is 0.0842 e.